The number of allylic oxidation sites excluding steroid dienone is 4. The monoisotopic (exact) mass is 508 g/mol. The summed E-state index contributed by atoms with van der Waals surface area (Å²) in [5, 5.41) is 0. The molecule has 0 aromatic carbocycles. The van der Waals surface area contributed by atoms with Gasteiger partial charge in [-0.05, 0) is 31.6 Å². The van der Waals surface area contributed by atoms with Crippen molar-refractivity contribution in [2.24, 2.45) is 21.8 Å². The fourth-order valence-corrected chi connectivity index (χ4v) is 4.80. The fraction of sp³-hybridized carbons (Fsp3) is 0.654. The van der Waals surface area contributed by atoms with Crippen LogP contribution in [0.4, 0.5) is 0 Å². The SMILES string of the molecule is C(C=NC1CCCCC1)=NC1CCCCC1.C[C-]1CCC2C=CC=C[C@@H]12.[C-]=O.[CH-]=O.[Mo+3]. The van der Waals surface area contributed by atoms with Crippen LogP contribution in [0.5, 0.6) is 0 Å². The van der Waals surface area contributed by atoms with Crippen molar-refractivity contribution < 1.29 is 30.7 Å². The van der Waals surface area contributed by atoms with Gasteiger partial charge in [-0.1, -0.05) is 63.2 Å². The molecule has 0 aromatic rings. The quantitative estimate of drug-likeness (QED) is 0.209. The second-order valence-corrected chi connectivity index (χ2v) is 8.52. The zero-order valence-electron chi connectivity index (χ0n) is 19.0. The van der Waals surface area contributed by atoms with Crippen molar-refractivity contribution in [1.29, 1.82) is 0 Å². The van der Waals surface area contributed by atoms with Crippen molar-refractivity contribution in [1.82, 2.24) is 0 Å². The van der Waals surface area contributed by atoms with Gasteiger partial charge in [0.25, 0.3) is 0 Å². The molecule has 4 aliphatic carbocycles. The Morgan fingerprint density at radius 3 is 1.71 bits per heavy atom. The van der Waals surface area contributed by atoms with Crippen LogP contribution in [-0.2, 0) is 30.7 Å². The summed E-state index contributed by atoms with van der Waals surface area (Å²) in [6, 6.07) is 1.18. The first-order valence-electron chi connectivity index (χ1n) is 11.5. The smallest absolute Gasteiger partial charge is 0.573 e. The number of carbonyl (C=O) groups excluding carboxylic acids is 2. The van der Waals surface area contributed by atoms with Crippen LogP contribution >= 0.6 is 0 Å². The number of hydrogen-bond donors (Lipinski definition) is 0. The molecule has 0 bridgehead atoms. The minimum atomic E-state index is 0. The first-order valence-corrected chi connectivity index (χ1v) is 11.5. The summed E-state index contributed by atoms with van der Waals surface area (Å²) in [5.41, 5.74) is 0. The molecule has 4 nitrogen and oxygen atoms in total. The Hall–Kier alpha value is -1.15. The summed E-state index contributed by atoms with van der Waals surface area (Å²) in [4.78, 5) is 24.4. The first-order chi connectivity index (χ1) is 14.8. The van der Waals surface area contributed by atoms with Crippen molar-refractivity contribution in [3.8, 4) is 0 Å². The summed E-state index contributed by atoms with van der Waals surface area (Å²) in [5.74, 6) is 3.29. The molecule has 0 saturated heterocycles. The van der Waals surface area contributed by atoms with E-state index in [4.69, 9.17) is 9.59 Å². The molecule has 0 amide bonds. The molecule has 170 valence electrons. The van der Waals surface area contributed by atoms with E-state index < -0.39 is 0 Å². The third-order valence-corrected chi connectivity index (χ3v) is 6.50. The van der Waals surface area contributed by atoms with Crippen LogP contribution in [0.3, 0.4) is 0 Å². The van der Waals surface area contributed by atoms with E-state index in [-0.39, 0.29) is 21.1 Å². The molecular formula is C26H38MoN2O2. The maximum atomic E-state index is 7.75. The standard InChI is InChI=1S/C14H24N2.C10H13.CHO.CO.Mo/c1-3-7-13(8-4-1)15-11-12-16-14-9-5-2-6-10-14;1-8-6-7-9-4-2-3-5-10(8)9;2*1-2;/h11-14H,1-10H2;2-5,9-10H,6-7H2,1H3;1H;;/q;3*-1;+3/t;9?,10-;;;/m.0.../s1. The minimum Gasteiger partial charge on any atom is -0.573 e. The van der Waals surface area contributed by atoms with Gasteiger partial charge in [-0.15, -0.1) is 12.0 Å². The summed E-state index contributed by atoms with van der Waals surface area (Å²) in [6.07, 6.45) is 29.1. The van der Waals surface area contributed by atoms with Crippen LogP contribution < -0.4 is 0 Å². The number of nitrogens with zero attached hydrogens (tertiary/aromatic N) is 2. The summed E-state index contributed by atoms with van der Waals surface area (Å²) in [6.45, 7) is 10.0. The van der Waals surface area contributed by atoms with Crippen LogP contribution in [0.2, 0.25) is 0 Å². The molecule has 4 rings (SSSR count). The third kappa shape index (κ3) is 11.9. The van der Waals surface area contributed by atoms with Crippen LogP contribution in [0.25, 0.3) is 0 Å². The topological polar surface area (TPSA) is 58.9 Å². The van der Waals surface area contributed by atoms with E-state index in [2.05, 4.69) is 54.8 Å². The summed E-state index contributed by atoms with van der Waals surface area (Å²) in [7, 11) is 0. The number of fused-ring (bicyclic) bond motifs is 1. The zero-order valence-corrected chi connectivity index (χ0v) is 21.0. The maximum absolute atomic E-state index is 7.75. The van der Waals surface area contributed by atoms with E-state index in [9.17, 15) is 0 Å². The van der Waals surface area contributed by atoms with Gasteiger partial charge in [-0.25, -0.2) is 0 Å². The van der Waals surface area contributed by atoms with Gasteiger partial charge < -0.3 is 22.3 Å². The molecule has 3 saturated carbocycles. The Labute approximate surface area is 204 Å². The maximum Gasteiger partial charge on any atom is 3.00 e. The van der Waals surface area contributed by atoms with Crippen molar-refractivity contribution in [3.05, 3.63) is 30.2 Å². The van der Waals surface area contributed by atoms with Crippen molar-refractivity contribution in [2.75, 3.05) is 0 Å². The zero-order chi connectivity index (χ0) is 22.0. The fourth-order valence-electron chi connectivity index (χ4n) is 4.80. The van der Waals surface area contributed by atoms with E-state index >= 15 is 0 Å². The average Bonchev–Trinajstić information content (AvgIpc) is 3.22. The van der Waals surface area contributed by atoms with E-state index in [1.807, 2.05) is 12.4 Å². The van der Waals surface area contributed by atoms with Gasteiger partial charge >= 0.3 is 21.1 Å². The number of rotatable bonds is 3. The van der Waals surface area contributed by atoms with Crippen LogP contribution in [-0.4, -0.2) is 38.1 Å². The van der Waals surface area contributed by atoms with Gasteiger partial charge in [0.2, 0.25) is 0 Å². The number of aliphatic imine (C=N–C) groups is 2. The average molecular weight is 507 g/mol. The molecule has 3 fully saturated rings. The molecule has 2 radical (unpaired) electrons. The Balaban J connectivity index is 0.000000518. The second kappa shape index (κ2) is 19.5. The van der Waals surface area contributed by atoms with Crippen LogP contribution in [0, 0.1) is 17.8 Å². The Bertz CT molecular complexity index is 522. The van der Waals surface area contributed by atoms with Gasteiger partial charge in [0.15, 0.2) is 0 Å². The molecule has 0 N–H and O–H groups in total. The molecule has 5 heteroatoms. The predicted molar refractivity (Wildman–Crippen MR) is 127 cm³/mol. The third-order valence-electron chi connectivity index (χ3n) is 6.50. The summed E-state index contributed by atoms with van der Waals surface area (Å²) < 4.78 is 0. The molecular weight excluding hydrogens is 468 g/mol. The normalized spacial score (nSPS) is 26.0. The van der Waals surface area contributed by atoms with Crippen molar-refractivity contribution in [3.63, 3.8) is 0 Å². The van der Waals surface area contributed by atoms with E-state index in [0.29, 0.717) is 12.1 Å². The van der Waals surface area contributed by atoms with E-state index in [1.54, 1.807) is 5.92 Å². The van der Waals surface area contributed by atoms with Crippen molar-refractivity contribution in [2.45, 2.75) is 96.1 Å². The minimum absolute atomic E-state index is 0. The van der Waals surface area contributed by atoms with Gasteiger partial charge in [0, 0.05) is 24.5 Å². The van der Waals surface area contributed by atoms with Gasteiger partial charge in [-0.2, -0.15) is 13.3 Å². The van der Waals surface area contributed by atoms with Gasteiger partial charge in [-0.3, -0.25) is 16.8 Å². The van der Waals surface area contributed by atoms with E-state index in [0.717, 1.165) is 11.8 Å². The Morgan fingerprint density at radius 1 is 0.806 bits per heavy atom. The van der Waals surface area contributed by atoms with Crippen molar-refractivity contribution >= 4 is 26.0 Å². The predicted octanol–water partition coefficient (Wildman–Crippen LogP) is 5.85. The molecule has 1 unspecified atom stereocenters. The Morgan fingerprint density at radius 2 is 1.26 bits per heavy atom. The largest absolute Gasteiger partial charge is 3.00 e. The molecule has 0 heterocycles. The van der Waals surface area contributed by atoms with E-state index in [1.165, 1.54) is 77.0 Å². The molecule has 0 aliphatic heterocycles. The second-order valence-electron chi connectivity index (χ2n) is 8.52. The van der Waals surface area contributed by atoms with Crippen LogP contribution in [0.15, 0.2) is 34.3 Å². The number of hydrogen-bond acceptors (Lipinski definition) is 4. The molecule has 2 atom stereocenters. The first kappa shape index (κ1) is 29.8. The van der Waals surface area contributed by atoms with Gasteiger partial charge in [0.1, 0.15) is 0 Å². The molecule has 31 heavy (non-hydrogen) atoms. The summed E-state index contributed by atoms with van der Waals surface area (Å²) >= 11 is 0. The Kier molecular flexibility index (Phi) is 18.8. The van der Waals surface area contributed by atoms with Crippen LogP contribution in [0.1, 0.15) is 84.0 Å². The molecule has 0 aromatic heterocycles. The molecule has 4 aliphatic rings. The molecule has 0 spiro atoms. The van der Waals surface area contributed by atoms with Gasteiger partial charge in [0.05, 0.1) is 0 Å².